The summed E-state index contributed by atoms with van der Waals surface area (Å²) in [5, 5.41) is 4.70. The van der Waals surface area contributed by atoms with Gasteiger partial charge in [-0.2, -0.15) is 0 Å². The molecular weight excluding hydrogens is 348 g/mol. The maximum Gasteiger partial charge on any atom is 0.0462 e. The van der Waals surface area contributed by atoms with Crippen molar-refractivity contribution in [2.75, 3.05) is 13.1 Å². The van der Waals surface area contributed by atoms with Gasteiger partial charge in [0.2, 0.25) is 0 Å². The van der Waals surface area contributed by atoms with Crippen LogP contribution in [-0.4, -0.2) is 30.1 Å². The van der Waals surface area contributed by atoms with E-state index in [1.165, 1.54) is 44.3 Å². The van der Waals surface area contributed by atoms with Crippen LogP contribution >= 0.6 is 27.5 Å². The van der Waals surface area contributed by atoms with Gasteiger partial charge in [-0.1, -0.05) is 33.6 Å². The van der Waals surface area contributed by atoms with Crippen molar-refractivity contribution in [3.63, 3.8) is 0 Å². The molecule has 0 bridgehead atoms. The van der Waals surface area contributed by atoms with E-state index in [4.69, 9.17) is 11.6 Å². The minimum atomic E-state index is 0.703. The Morgan fingerprint density at radius 1 is 1.19 bits per heavy atom. The Labute approximate surface area is 140 Å². The number of halogens is 2. The highest BCUT2D eigenvalue weighted by atomic mass is 79.9. The van der Waals surface area contributed by atoms with Crippen LogP contribution in [0.25, 0.3) is 0 Å². The van der Waals surface area contributed by atoms with Crippen LogP contribution in [0.3, 0.4) is 0 Å². The molecule has 2 nitrogen and oxygen atoms in total. The molecule has 0 radical (unpaired) electrons. The molecule has 0 spiro atoms. The van der Waals surface area contributed by atoms with E-state index in [1.54, 1.807) is 0 Å². The Hall–Kier alpha value is -0.0900. The fourth-order valence-electron chi connectivity index (χ4n) is 3.66. The van der Waals surface area contributed by atoms with Crippen molar-refractivity contribution in [2.45, 2.75) is 44.3 Å². The van der Waals surface area contributed by atoms with Crippen LogP contribution in [0.5, 0.6) is 0 Å². The Balaban J connectivity index is 1.50. The van der Waals surface area contributed by atoms with Crippen LogP contribution in [-0.2, 0) is 6.54 Å². The lowest BCUT2D eigenvalue weighted by Gasteiger charge is -2.41. The number of hydrogen-bond acceptors (Lipinski definition) is 2. The number of nitrogens with one attached hydrogen (secondary N) is 1. The maximum atomic E-state index is 6.43. The summed E-state index contributed by atoms with van der Waals surface area (Å²) < 4.78 is 1.06. The van der Waals surface area contributed by atoms with Crippen LogP contribution in [0, 0.1) is 11.8 Å². The number of hydrogen-bond donors (Lipinski definition) is 1. The third-order valence-corrected chi connectivity index (χ3v) is 6.08. The average Bonchev–Trinajstić information content (AvgIpc) is 3.35. The van der Waals surface area contributed by atoms with Crippen molar-refractivity contribution in [1.29, 1.82) is 0 Å². The molecule has 2 aliphatic carbocycles. The van der Waals surface area contributed by atoms with Crippen LogP contribution in [0.2, 0.25) is 5.02 Å². The van der Waals surface area contributed by atoms with Crippen molar-refractivity contribution in [3.8, 4) is 0 Å². The van der Waals surface area contributed by atoms with Crippen molar-refractivity contribution in [1.82, 2.24) is 10.2 Å². The smallest absolute Gasteiger partial charge is 0.0462 e. The highest BCUT2D eigenvalue weighted by Gasteiger charge is 2.42. The SMILES string of the molecule is Clc1cc(Br)ccc1CN1CC(C2CC2)NCC1C1CC1. The fraction of sp³-hybridized carbons (Fsp3) is 0.647. The first-order valence-corrected chi connectivity index (χ1v) is 9.29. The van der Waals surface area contributed by atoms with Gasteiger partial charge < -0.3 is 5.32 Å². The molecule has 1 aliphatic heterocycles. The zero-order valence-electron chi connectivity index (χ0n) is 12.2. The molecule has 2 saturated carbocycles. The minimum absolute atomic E-state index is 0.703. The van der Waals surface area contributed by atoms with Gasteiger partial charge in [0.25, 0.3) is 0 Å². The summed E-state index contributed by atoms with van der Waals surface area (Å²) in [6.45, 7) is 3.36. The molecule has 0 aromatic heterocycles. The first-order valence-electron chi connectivity index (χ1n) is 8.12. The number of nitrogens with zero attached hydrogens (tertiary/aromatic N) is 1. The largest absolute Gasteiger partial charge is 0.311 e. The summed E-state index contributed by atoms with van der Waals surface area (Å²) in [4.78, 5) is 2.70. The Morgan fingerprint density at radius 2 is 1.95 bits per heavy atom. The average molecular weight is 370 g/mol. The van der Waals surface area contributed by atoms with Crippen LogP contribution in [0.4, 0.5) is 0 Å². The van der Waals surface area contributed by atoms with Crippen LogP contribution in [0.15, 0.2) is 22.7 Å². The summed E-state index contributed by atoms with van der Waals surface area (Å²) in [5.74, 6) is 1.83. The zero-order valence-corrected chi connectivity index (χ0v) is 14.5. The van der Waals surface area contributed by atoms with E-state index in [1.807, 2.05) is 6.07 Å². The second-order valence-electron chi connectivity index (χ2n) is 6.92. The van der Waals surface area contributed by atoms with Gasteiger partial charge in [0.1, 0.15) is 0 Å². The molecule has 21 heavy (non-hydrogen) atoms. The van der Waals surface area contributed by atoms with Crippen molar-refractivity contribution < 1.29 is 0 Å². The highest BCUT2D eigenvalue weighted by Crippen LogP contribution is 2.40. The summed E-state index contributed by atoms with van der Waals surface area (Å²) in [7, 11) is 0. The molecule has 1 aromatic carbocycles. The lowest BCUT2D eigenvalue weighted by molar-refractivity contribution is 0.100. The third kappa shape index (κ3) is 3.31. The monoisotopic (exact) mass is 368 g/mol. The molecule has 3 fully saturated rings. The van der Waals surface area contributed by atoms with E-state index in [-0.39, 0.29) is 0 Å². The van der Waals surface area contributed by atoms with Crippen LogP contribution < -0.4 is 5.32 Å². The fourth-order valence-corrected chi connectivity index (χ4v) is 4.40. The second kappa shape index (κ2) is 5.84. The predicted octanol–water partition coefficient (Wildman–Crippen LogP) is 4.06. The quantitative estimate of drug-likeness (QED) is 0.861. The second-order valence-corrected chi connectivity index (χ2v) is 8.24. The van der Waals surface area contributed by atoms with Gasteiger partial charge in [-0.3, -0.25) is 4.90 Å². The Kier molecular flexibility index (Phi) is 4.03. The van der Waals surface area contributed by atoms with E-state index in [0.29, 0.717) is 12.1 Å². The van der Waals surface area contributed by atoms with Gasteiger partial charge in [-0.15, -0.1) is 0 Å². The van der Waals surface area contributed by atoms with Crippen molar-refractivity contribution >= 4 is 27.5 Å². The molecule has 0 amide bonds. The Morgan fingerprint density at radius 3 is 2.62 bits per heavy atom. The molecule has 2 unspecified atom stereocenters. The highest BCUT2D eigenvalue weighted by molar-refractivity contribution is 9.10. The summed E-state index contributed by atoms with van der Waals surface area (Å²) in [5.41, 5.74) is 1.27. The van der Waals surface area contributed by atoms with Gasteiger partial charge in [-0.05, 0) is 55.2 Å². The zero-order chi connectivity index (χ0) is 14.4. The van der Waals surface area contributed by atoms with Crippen molar-refractivity contribution in [3.05, 3.63) is 33.3 Å². The number of piperazine rings is 1. The molecule has 1 N–H and O–H groups in total. The first kappa shape index (κ1) is 14.5. The van der Waals surface area contributed by atoms with Crippen molar-refractivity contribution in [2.24, 2.45) is 11.8 Å². The number of benzene rings is 1. The van der Waals surface area contributed by atoms with E-state index >= 15 is 0 Å². The van der Waals surface area contributed by atoms with E-state index in [9.17, 15) is 0 Å². The van der Waals surface area contributed by atoms with Gasteiger partial charge in [0, 0.05) is 41.2 Å². The standard InChI is InChI=1S/C17H22BrClN2/c18-14-6-5-13(15(19)7-14)9-21-10-16(11-1-2-11)20-8-17(21)12-3-4-12/h5-7,11-12,16-17,20H,1-4,8-10H2. The first-order chi connectivity index (χ1) is 10.2. The lowest BCUT2D eigenvalue weighted by atomic mass is 10.0. The molecule has 4 heteroatoms. The summed E-state index contributed by atoms with van der Waals surface area (Å²) in [6, 6.07) is 7.70. The lowest BCUT2D eigenvalue weighted by Crippen LogP contribution is -2.57. The van der Waals surface area contributed by atoms with Gasteiger partial charge in [0.15, 0.2) is 0 Å². The van der Waals surface area contributed by atoms with Crippen LogP contribution in [0.1, 0.15) is 31.2 Å². The molecule has 1 aromatic rings. The van der Waals surface area contributed by atoms with Gasteiger partial charge in [-0.25, -0.2) is 0 Å². The molecule has 2 atom stereocenters. The van der Waals surface area contributed by atoms with Gasteiger partial charge >= 0.3 is 0 Å². The topological polar surface area (TPSA) is 15.3 Å². The summed E-state index contributed by atoms with van der Waals surface area (Å²) >= 11 is 9.93. The summed E-state index contributed by atoms with van der Waals surface area (Å²) in [6.07, 6.45) is 5.65. The molecule has 114 valence electrons. The predicted molar refractivity (Wildman–Crippen MR) is 90.6 cm³/mol. The van der Waals surface area contributed by atoms with E-state index in [2.05, 4.69) is 38.3 Å². The minimum Gasteiger partial charge on any atom is -0.311 e. The van der Waals surface area contributed by atoms with E-state index in [0.717, 1.165) is 27.9 Å². The Bertz CT molecular complexity index is 528. The molecule has 4 rings (SSSR count). The maximum absolute atomic E-state index is 6.43. The van der Waals surface area contributed by atoms with Gasteiger partial charge in [0.05, 0.1) is 0 Å². The molecule has 3 aliphatic rings. The number of rotatable bonds is 4. The molecular formula is C17H22BrClN2. The third-order valence-electron chi connectivity index (χ3n) is 5.24. The molecule has 1 heterocycles. The molecule has 1 saturated heterocycles. The van der Waals surface area contributed by atoms with E-state index < -0.39 is 0 Å². The normalized spacial score (nSPS) is 30.6.